The Kier molecular flexibility index (Phi) is 5.75. The van der Waals surface area contributed by atoms with Gasteiger partial charge >= 0.3 is 0 Å². The molecular formula is C16H21N3O2S2. The van der Waals surface area contributed by atoms with Crippen molar-refractivity contribution in [2.24, 2.45) is 0 Å². The number of rotatable bonds is 6. The second-order valence-corrected chi connectivity index (χ2v) is 7.83. The Balaban J connectivity index is 1.48. The summed E-state index contributed by atoms with van der Waals surface area (Å²) >= 11 is 3.36. The summed E-state index contributed by atoms with van der Waals surface area (Å²) in [7, 11) is 0. The van der Waals surface area contributed by atoms with Crippen LogP contribution in [0, 0.1) is 6.92 Å². The number of thioether (sulfide) groups is 1. The quantitative estimate of drug-likeness (QED) is 0.813. The number of aromatic nitrogens is 2. The molecule has 3 heterocycles. The number of hydrogen-bond acceptors (Lipinski definition) is 5. The molecule has 0 aliphatic carbocycles. The zero-order valence-electron chi connectivity index (χ0n) is 13.2. The molecule has 1 aliphatic heterocycles. The topological polar surface area (TPSA) is 56.2 Å². The first-order chi connectivity index (χ1) is 11.2. The van der Waals surface area contributed by atoms with Crippen molar-refractivity contribution < 1.29 is 9.53 Å². The van der Waals surface area contributed by atoms with E-state index in [2.05, 4.69) is 10.3 Å². The maximum Gasteiger partial charge on any atom is 0.263 e. The summed E-state index contributed by atoms with van der Waals surface area (Å²) in [5.41, 5.74) is 0.785. The van der Waals surface area contributed by atoms with Gasteiger partial charge < -0.3 is 14.6 Å². The molecule has 0 saturated carbocycles. The molecule has 7 heteroatoms. The molecule has 5 nitrogen and oxygen atoms in total. The van der Waals surface area contributed by atoms with E-state index in [9.17, 15) is 4.79 Å². The lowest BCUT2D eigenvalue weighted by Gasteiger charge is -2.21. The zero-order valence-corrected chi connectivity index (χ0v) is 14.8. The average Bonchev–Trinajstić information content (AvgIpc) is 3.21. The third kappa shape index (κ3) is 4.37. The van der Waals surface area contributed by atoms with Crippen LogP contribution in [0.2, 0.25) is 0 Å². The van der Waals surface area contributed by atoms with E-state index in [4.69, 9.17) is 4.74 Å². The summed E-state index contributed by atoms with van der Waals surface area (Å²) in [6.45, 7) is 4.31. The Morgan fingerprint density at radius 3 is 2.91 bits per heavy atom. The van der Waals surface area contributed by atoms with Gasteiger partial charge in [-0.1, -0.05) is 11.3 Å². The van der Waals surface area contributed by atoms with E-state index in [1.54, 1.807) is 0 Å². The normalized spacial score (nSPS) is 15.7. The molecule has 0 bridgehead atoms. The summed E-state index contributed by atoms with van der Waals surface area (Å²) in [6.07, 6.45) is 6.11. The minimum atomic E-state index is -0.0222. The maximum atomic E-state index is 12.3. The van der Waals surface area contributed by atoms with Gasteiger partial charge in [0.2, 0.25) is 0 Å². The molecule has 2 aromatic rings. The predicted octanol–water partition coefficient (Wildman–Crippen LogP) is 2.88. The summed E-state index contributed by atoms with van der Waals surface area (Å²) in [5, 5.41) is 4.51. The highest BCUT2D eigenvalue weighted by Gasteiger charge is 2.17. The van der Waals surface area contributed by atoms with Gasteiger partial charge in [-0.3, -0.25) is 4.79 Å². The van der Waals surface area contributed by atoms with Crippen LogP contribution in [0.25, 0.3) is 5.13 Å². The van der Waals surface area contributed by atoms with E-state index in [0.717, 1.165) is 42.6 Å². The van der Waals surface area contributed by atoms with Crippen LogP contribution >= 0.6 is 23.1 Å². The lowest BCUT2D eigenvalue weighted by molar-refractivity contribution is 0.0958. The van der Waals surface area contributed by atoms with Gasteiger partial charge in [0, 0.05) is 43.2 Å². The van der Waals surface area contributed by atoms with Gasteiger partial charge in [-0.25, -0.2) is 4.98 Å². The number of hydrogen-bond donors (Lipinski definition) is 1. The average molecular weight is 351 g/mol. The zero-order chi connectivity index (χ0) is 16.1. The Morgan fingerprint density at radius 1 is 1.43 bits per heavy atom. The number of ether oxygens (including phenoxy) is 1. The second kappa shape index (κ2) is 7.99. The minimum Gasteiger partial charge on any atom is -0.381 e. The van der Waals surface area contributed by atoms with Crippen LogP contribution in [0.3, 0.4) is 0 Å². The highest BCUT2D eigenvalue weighted by Crippen LogP contribution is 2.23. The van der Waals surface area contributed by atoms with Crippen LogP contribution in [-0.4, -0.2) is 46.2 Å². The van der Waals surface area contributed by atoms with Crippen LogP contribution < -0.4 is 5.32 Å². The third-order valence-electron chi connectivity index (χ3n) is 3.73. The fourth-order valence-corrected chi connectivity index (χ4v) is 4.51. The molecule has 0 atom stereocenters. The molecule has 0 unspecified atom stereocenters. The summed E-state index contributed by atoms with van der Waals surface area (Å²) in [6, 6.07) is 3.90. The molecule has 0 radical (unpaired) electrons. The van der Waals surface area contributed by atoms with Crippen molar-refractivity contribution in [3.8, 4) is 5.13 Å². The van der Waals surface area contributed by atoms with E-state index >= 15 is 0 Å². The Hall–Kier alpha value is -1.31. The molecule has 1 amide bonds. The monoisotopic (exact) mass is 351 g/mol. The number of aryl methyl sites for hydroxylation is 1. The Labute approximate surface area is 144 Å². The molecule has 0 spiro atoms. The maximum absolute atomic E-state index is 12.3. The lowest BCUT2D eigenvalue weighted by Crippen LogP contribution is -2.27. The van der Waals surface area contributed by atoms with Crippen molar-refractivity contribution in [2.45, 2.75) is 25.0 Å². The molecular weight excluding hydrogens is 330 g/mol. The van der Waals surface area contributed by atoms with E-state index in [1.165, 1.54) is 11.3 Å². The number of carbonyl (C=O) groups is 1. The van der Waals surface area contributed by atoms with E-state index in [-0.39, 0.29) is 5.91 Å². The molecule has 3 rings (SSSR count). The third-order valence-corrected chi connectivity index (χ3v) is 6.28. The van der Waals surface area contributed by atoms with Gasteiger partial charge in [0.05, 0.1) is 5.69 Å². The first-order valence-corrected chi connectivity index (χ1v) is 9.69. The Morgan fingerprint density at radius 2 is 2.17 bits per heavy atom. The fourth-order valence-electron chi connectivity index (χ4n) is 2.48. The number of nitrogens with zero attached hydrogens (tertiary/aromatic N) is 2. The lowest BCUT2D eigenvalue weighted by atomic mass is 10.2. The van der Waals surface area contributed by atoms with Gasteiger partial charge in [0.25, 0.3) is 5.91 Å². The smallest absolute Gasteiger partial charge is 0.263 e. The molecule has 1 N–H and O–H groups in total. The van der Waals surface area contributed by atoms with Gasteiger partial charge in [-0.05, 0) is 31.9 Å². The molecule has 1 aliphatic rings. The number of thiazole rings is 1. The fraction of sp³-hybridized carbons (Fsp3) is 0.500. The summed E-state index contributed by atoms with van der Waals surface area (Å²) in [4.78, 5) is 17.5. The van der Waals surface area contributed by atoms with Crippen molar-refractivity contribution >= 4 is 29.0 Å². The van der Waals surface area contributed by atoms with Gasteiger partial charge in [0.1, 0.15) is 4.88 Å². The molecule has 23 heavy (non-hydrogen) atoms. The standard InChI is InChI=1S/C16H21N3O2S2/c1-12-14(23-16(18-12)19-7-2-3-8-19)15(20)17-6-11-22-13-4-9-21-10-5-13/h2-3,7-8,13H,4-6,9-11H2,1H3,(H,17,20). The van der Waals surface area contributed by atoms with Crippen molar-refractivity contribution in [3.05, 3.63) is 35.1 Å². The van der Waals surface area contributed by atoms with Crippen molar-refractivity contribution in [1.29, 1.82) is 0 Å². The second-order valence-electron chi connectivity index (χ2n) is 5.44. The van der Waals surface area contributed by atoms with Crippen LogP contribution in [0.1, 0.15) is 28.2 Å². The van der Waals surface area contributed by atoms with Crippen LogP contribution in [0.5, 0.6) is 0 Å². The van der Waals surface area contributed by atoms with Crippen molar-refractivity contribution in [2.75, 3.05) is 25.5 Å². The largest absolute Gasteiger partial charge is 0.381 e. The highest BCUT2D eigenvalue weighted by molar-refractivity contribution is 7.99. The first kappa shape index (κ1) is 16.5. The van der Waals surface area contributed by atoms with Crippen molar-refractivity contribution in [1.82, 2.24) is 14.9 Å². The van der Waals surface area contributed by atoms with Crippen LogP contribution in [-0.2, 0) is 4.74 Å². The summed E-state index contributed by atoms with van der Waals surface area (Å²) in [5.74, 6) is 0.921. The van der Waals surface area contributed by atoms with E-state index < -0.39 is 0 Å². The van der Waals surface area contributed by atoms with Gasteiger partial charge in [-0.2, -0.15) is 11.8 Å². The van der Waals surface area contributed by atoms with Crippen LogP contribution in [0.4, 0.5) is 0 Å². The van der Waals surface area contributed by atoms with Crippen molar-refractivity contribution in [3.63, 3.8) is 0 Å². The number of amides is 1. The van der Waals surface area contributed by atoms with Crippen LogP contribution in [0.15, 0.2) is 24.5 Å². The first-order valence-electron chi connectivity index (χ1n) is 7.82. The SMILES string of the molecule is Cc1nc(-n2cccc2)sc1C(=O)NCCSC1CCOCC1. The van der Waals surface area contributed by atoms with Gasteiger partial charge in [0.15, 0.2) is 5.13 Å². The van der Waals surface area contributed by atoms with Gasteiger partial charge in [-0.15, -0.1) is 0 Å². The number of carbonyl (C=O) groups excluding carboxylic acids is 1. The number of nitrogens with one attached hydrogen (secondary N) is 1. The highest BCUT2D eigenvalue weighted by atomic mass is 32.2. The molecule has 124 valence electrons. The molecule has 1 fully saturated rings. The Bertz CT molecular complexity index is 634. The summed E-state index contributed by atoms with van der Waals surface area (Å²) < 4.78 is 7.28. The van der Waals surface area contributed by atoms with E-state index in [1.807, 2.05) is 47.8 Å². The van der Waals surface area contributed by atoms with E-state index in [0.29, 0.717) is 16.7 Å². The predicted molar refractivity (Wildman–Crippen MR) is 94.8 cm³/mol. The molecule has 0 aromatic carbocycles. The minimum absolute atomic E-state index is 0.0222. The molecule has 1 saturated heterocycles. The molecule has 2 aromatic heterocycles.